The van der Waals surface area contributed by atoms with Crippen molar-refractivity contribution in [2.24, 2.45) is 0 Å². The van der Waals surface area contributed by atoms with E-state index >= 15 is 0 Å². The lowest BCUT2D eigenvalue weighted by Crippen LogP contribution is -2.43. The molecule has 0 aliphatic carbocycles. The van der Waals surface area contributed by atoms with Gasteiger partial charge in [0.1, 0.15) is 6.10 Å². The van der Waals surface area contributed by atoms with Crippen LogP contribution in [-0.2, 0) is 20.8 Å². The van der Waals surface area contributed by atoms with Gasteiger partial charge in [0.2, 0.25) is 0 Å². The fraction of sp³-hybridized carbons (Fsp3) is 0.444. The summed E-state index contributed by atoms with van der Waals surface area (Å²) in [7, 11) is 0. The summed E-state index contributed by atoms with van der Waals surface area (Å²) in [6.45, 7) is 4.96. The number of rotatable bonds is 6. The largest absolute Gasteiger partial charge is 0.459 e. The third-order valence-corrected chi connectivity index (χ3v) is 4.03. The molecule has 1 fully saturated rings. The van der Waals surface area contributed by atoms with Gasteiger partial charge in [-0.2, -0.15) is 4.74 Å². The van der Waals surface area contributed by atoms with Gasteiger partial charge in [0.05, 0.1) is 25.8 Å². The Bertz CT molecular complexity index is 746. The van der Waals surface area contributed by atoms with Crippen molar-refractivity contribution < 1.29 is 18.8 Å². The predicted octanol–water partition coefficient (Wildman–Crippen LogP) is 1.37. The zero-order valence-electron chi connectivity index (χ0n) is 14.2. The maximum Gasteiger partial charge on any atom is 0.303 e. The Balaban J connectivity index is 1.73. The van der Waals surface area contributed by atoms with Gasteiger partial charge in [-0.05, 0) is 0 Å². The zero-order valence-corrected chi connectivity index (χ0v) is 14.2. The van der Waals surface area contributed by atoms with Crippen molar-refractivity contribution in [1.29, 1.82) is 0 Å². The smallest absolute Gasteiger partial charge is 0.303 e. The Morgan fingerprint density at radius 3 is 2.60 bits per heavy atom. The van der Waals surface area contributed by atoms with Crippen LogP contribution in [0.25, 0.3) is 11.3 Å². The van der Waals surface area contributed by atoms with Gasteiger partial charge >= 0.3 is 5.97 Å². The molecule has 0 spiro atoms. The third kappa shape index (κ3) is 4.80. The summed E-state index contributed by atoms with van der Waals surface area (Å²) in [5, 5.41) is 0. The molecule has 0 bridgehead atoms. The van der Waals surface area contributed by atoms with Crippen LogP contribution in [0.4, 0.5) is 0 Å². The fourth-order valence-corrected chi connectivity index (χ4v) is 2.86. The van der Waals surface area contributed by atoms with E-state index in [4.69, 9.17) is 14.0 Å². The number of hydrogen-bond acceptors (Lipinski definition) is 6. The van der Waals surface area contributed by atoms with Gasteiger partial charge < -0.3 is 14.0 Å². The van der Waals surface area contributed by atoms with Gasteiger partial charge in [0, 0.05) is 32.1 Å². The van der Waals surface area contributed by atoms with Gasteiger partial charge in [-0.15, -0.1) is 0 Å². The topological polar surface area (TPSA) is 73.9 Å². The van der Waals surface area contributed by atoms with E-state index in [0.717, 1.165) is 18.7 Å². The molecule has 0 saturated carbocycles. The average Bonchev–Trinajstić information content (AvgIpc) is 2.97. The molecule has 0 radical (unpaired) electrons. The summed E-state index contributed by atoms with van der Waals surface area (Å²) in [5.41, 5.74) is 0.577. The van der Waals surface area contributed by atoms with Gasteiger partial charge in [0.25, 0.3) is 5.56 Å². The number of nitrogens with zero attached hydrogens (tertiary/aromatic N) is 2. The van der Waals surface area contributed by atoms with Crippen LogP contribution in [0, 0.1) is 0 Å². The maximum absolute atomic E-state index is 12.2. The fourth-order valence-electron chi connectivity index (χ4n) is 2.86. The Labute approximate surface area is 145 Å². The summed E-state index contributed by atoms with van der Waals surface area (Å²) < 4.78 is 17.6. The number of esters is 1. The van der Waals surface area contributed by atoms with E-state index in [0.29, 0.717) is 25.5 Å². The Kier molecular flexibility index (Phi) is 5.67. The molecule has 7 nitrogen and oxygen atoms in total. The van der Waals surface area contributed by atoms with Crippen molar-refractivity contribution >= 4 is 5.97 Å². The second kappa shape index (κ2) is 8.13. The Morgan fingerprint density at radius 2 is 1.92 bits per heavy atom. The SMILES string of the molecule is CC(=O)OC(CN1CCOCC1)Cn1oc(-c2ccccc2)cc1=O. The van der Waals surface area contributed by atoms with Gasteiger partial charge in [-0.1, -0.05) is 30.3 Å². The van der Waals surface area contributed by atoms with Crippen molar-refractivity contribution in [3.05, 3.63) is 46.8 Å². The van der Waals surface area contributed by atoms with Crippen molar-refractivity contribution in [1.82, 2.24) is 9.64 Å². The highest BCUT2D eigenvalue weighted by Crippen LogP contribution is 2.17. The first kappa shape index (κ1) is 17.4. The lowest BCUT2D eigenvalue weighted by molar-refractivity contribution is -0.149. The van der Waals surface area contributed by atoms with E-state index < -0.39 is 6.10 Å². The van der Waals surface area contributed by atoms with E-state index in [-0.39, 0.29) is 18.1 Å². The normalized spacial score (nSPS) is 16.5. The molecule has 1 atom stereocenters. The summed E-state index contributed by atoms with van der Waals surface area (Å²) in [6.07, 6.45) is -0.455. The number of carbonyl (C=O) groups excluding carboxylic acids is 1. The monoisotopic (exact) mass is 346 g/mol. The summed E-state index contributed by atoms with van der Waals surface area (Å²) in [5.74, 6) is 0.125. The first-order valence-corrected chi connectivity index (χ1v) is 8.36. The zero-order chi connectivity index (χ0) is 17.6. The molecule has 1 aromatic carbocycles. The molecule has 1 aliphatic rings. The van der Waals surface area contributed by atoms with Crippen LogP contribution in [0.5, 0.6) is 0 Å². The minimum absolute atomic E-state index is 0.183. The van der Waals surface area contributed by atoms with Crippen molar-refractivity contribution in [3.63, 3.8) is 0 Å². The number of aromatic nitrogens is 1. The Morgan fingerprint density at radius 1 is 1.20 bits per heavy atom. The van der Waals surface area contributed by atoms with E-state index in [1.165, 1.54) is 17.7 Å². The molecule has 1 unspecified atom stereocenters. The molecule has 7 heteroatoms. The molecule has 0 N–H and O–H groups in total. The molecule has 2 heterocycles. The number of ether oxygens (including phenoxy) is 2. The quantitative estimate of drug-likeness (QED) is 0.736. The second-order valence-corrected chi connectivity index (χ2v) is 6.01. The maximum atomic E-state index is 12.2. The predicted molar refractivity (Wildman–Crippen MR) is 91.2 cm³/mol. The molecular formula is C18H22N2O5. The van der Waals surface area contributed by atoms with Crippen LogP contribution >= 0.6 is 0 Å². The van der Waals surface area contributed by atoms with Gasteiger partial charge in [0.15, 0.2) is 5.76 Å². The first-order chi connectivity index (χ1) is 12.1. The van der Waals surface area contributed by atoms with E-state index in [9.17, 15) is 9.59 Å². The van der Waals surface area contributed by atoms with Crippen molar-refractivity contribution in [2.45, 2.75) is 19.6 Å². The number of carbonyl (C=O) groups is 1. The third-order valence-electron chi connectivity index (χ3n) is 4.03. The van der Waals surface area contributed by atoms with E-state index in [1.54, 1.807) is 0 Å². The summed E-state index contributed by atoms with van der Waals surface area (Å²) in [4.78, 5) is 25.8. The molecule has 3 rings (SSSR count). The molecule has 25 heavy (non-hydrogen) atoms. The number of hydrogen-bond donors (Lipinski definition) is 0. The highest BCUT2D eigenvalue weighted by atomic mass is 16.6. The van der Waals surface area contributed by atoms with Crippen LogP contribution in [0.15, 0.2) is 45.7 Å². The molecule has 1 aliphatic heterocycles. The first-order valence-electron chi connectivity index (χ1n) is 8.36. The average molecular weight is 346 g/mol. The van der Waals surface area contributed by atoms with Crippen LogP contribution in [0.3, 0.4) is 0 Å². The number of benzene rings is 1. The van der Waals surface area contributed by atoms with Crippen molar-refractivity contribution in [2.75, 3.05) is 32.8 Å². The van der Waals surface area contributed by atoms with Gasteiger partial charge in [-0.25, -0.2) is 0 Å². The highest BCUT2D eigenvalue weighted by Gasteiger charge is 2.21. The molecule has 134 valence electrons. The van der Waals surface area contributed by atoms with Crippen LogP contribution in [-0.4, -0.2) is 54.6 Å². The van der Waals surface area contributed by atoms with Crippen LogP contribution in [0.1, 0.15) is 6.92 Å². The molecular weight excluding hydrogens is 324 g/mol. The van der Waals surface area contributed by atoms with Gasteiger partial charge in [-0.3, -0.25) is 14.5 Å². The second-order valence-electron chi connectivity index (χ2n) is 6.01. The summed E-state index contributed by atoms with van der Waals surface area (Å²) in [6, 6.07) is 10.9. The van der Waals surface area contributed by atoms with Crippen molar-refractivity contribution in [3.8, 4) is 11.3 Å². The molecule has 1 aromatic heterocycles. The molecule has 1 saturated heterocycles. The lowest BCUT2D eigenvalue weighted by atomic mass is 10.2. The van der Waals surface area contributed by atoms with Crippen LogP contribution in [0.2, 0.25) is 0 Å². The van der Waals surface area contributed by atoms with Crippen LogP contribution < -0.4 is 5.56 Å². The Hall–Kier alpha value is -2.38. The lowest BCUT2D eigenvalue weighted by Gasteiger charge is -2.29. The van der Waals surface area contributed by atoms with E-state index in [2.05, 4.69) is 4.90 Å². The molecule has 2 aromatic rings. The number of morpholine rings is 1. The minimum atomic E-state index is -0.455. The summed E-state index contributed by atoms with van der Waals surface area (Å²) >= 11 is 0. The highest BCUT2D eigenvalue weighted by molar-refractivity contribution is 5.66. The molecule has 0 amide bonds. The van der Waals surface area contributed by atoms with E-state index in [1.807, 2.05) is 30.3 Å². The standard InChI is InChI=1S/C18H22N2O5/c1-14(21)24-16(12-19-7-9-23-10-8-19)13-20-18(22)11-17(25-20)15-5-3-2-4-6-15/h2-6,11,16H,7-10,12-13H2,1H3. The minimum Gasteiger partial charge on any atom is -0.459 e.